The Morgan fingerprint density at radius 1 is 1.37 bits per heavy atom. The third kappa shape index (κ3) is 5.51. The molecule has 3 atom stereocenters. The lowest BCUT2D eigenvalue weighted by Gasteiger charge is -2.27. The van der Waals surface area contributed by atoms with E-state index in [2.05, 4.69) is 15.3 Å². The lowest BCUT2D eigenvalue weighted by molar-refractivity contribution is -0.150. The first kappa shape index (κ1) is 20.4. The number of nitrogens with two attached hydrogens (primary N) is 1. The highest BCUT2D eigenvalue weighted by Gasteiger charge is 2.38. The zero-order chi connectivity index (χ0) is 20.0. The van der Waals surface area contributed by atoms with E-state index in [1.165, 1.54) is 17.4 Å². The molecule has 0 bridgehead atoms. The summed E-state index contributed by atoms with van der Waals surface area (Å²) in [5.41, 5.74) is 6.48. The summed E-state index contributed by atoms with van der Waals surface area (Å²) in [6.45, 7) is 0.245. The minimum absolute atomic E-state index is 0.153. The molecule has 2 amide bonds. The summed E-state index contributed by atoms with van der Waals surface area (Å²) in [4.78, 5) is 55.1. The molecule has 11 nitrogen and oxygen atoms in total. The van der Waals surface area contributed by atoms with E-state index in [9.17, 15) is 24.3 Å². The van der Waals surface area contributed by atoms with Gasteiger partial charge < -0.3 is 31.1 Å². The van der Waals surface area contributed by atoms with Crippen LogP contribution in [0.1, 0.15) is 31.4 Å². The van der Waals surface area contributed by atoms with Crippen LogP contribution in [0.4, 0.5) is 0 Å². The van der Waals surface area contributed by atoms with Gasteiger partial charge in [-0.15, -0.1) is 0 Å². The molecule has 0 radical (unpaired) electrons. The molecule has 2 heterocycles. The topological polar surface area (TPSA) is 179 Å². The highest BCUT2D eigenvalue weighted by Crippen LogP contribution is 2.19. The number of hydrogen-bond donors (Lipinski definition) is 5. The highest BCUT2D eigenvalue weighted by atomic mass is 16.4. The first-order valence-electron chi connectivity index (χ1n) is 8.58. The van der Waals surface area contributed by atoms with Gasteiger partial charge >= 0.3 is 11.9 Å². The van der Waals surface area contributed by atoms with Crippen molar-refractivity contribution in [3.05, 3.63) is 18.2 Å². The molecule has 0 saturated carbocycles. The number of likely N-dealkylation sites (tertiary alicyclic amines) is 1. The fourth-order valence-electron chi connectivity index (χ4n) is 3.02. The molecule has 1 aliphatic heterocycles. The second kappa shape index (κ2) is 9.12. The van der Waals surface area contributed by atoms with E-state index in [-0.39, 0.29) is 25.8 Å². The molecule has 27 heavy (non-hydrogen) atoms. The standard InChI is InChI=1S/C16H23N5O6/c17-10(6-9-7-18-8-19-9)14(24)20-11(3-4-13(22)23)15(25)21-5-1-2-12(21)16(26)27/h7-8,10-12H,1-6,17H2,(H,18,19)(H,20,24)(H,22,23)(H,26,27). The molecule has 1 aliphatic rings. The van der Waals surface area contributed by atoms with Crippen molar-refractivity contribution in [3.8, 4) is 0 Å². The third-order valence-corrected chi connectivity index (χ3v) is 4.41. The molecule has 3 unspecified atom stereocenters. The van der Waals surface area contributed by atoms with Crippen molar-refractivity contribution in [1.82, 2.24) is 20.2 Å². The van der Waals surface area contributed by atoms with Gasteiger partial charge in [0.2, 0.25) is 11.8 Å². The van der Waals surface area contributed by atoms with Crippen molar-refractivity contribution >= 4 is 23.8 Å². The van der Waals surface area contributed by atoms with Crippen molar-refractivity contribution in [1.29, 1.82) is 0 Å². The van der Waals surface area contributed by atoms with Gasteiger partial charge in [0, 0.05) is 31.3 Å². The summed E-state index contributed by atoms with van der Waals surface area (Å²) in [5, 5.41) is 20.6. The van der Waals surface area contributed by atoms with E-state index in [1.54, 1.807) is 0 Å². The van der Waals surface area contributed by atoms with Crippen molar-refractivity contribution in [3.63, 3.8) is 0 Å². The lowest BCUT2D eigenvalue weighted by atomic mass is 10.1. The van der Waals surface area contributed by atoms with Crippen LogP contribution in [0, 0.1) is 0 Å². The van der Waals surface area contributed by atoms with Gasteiger partial charge in [-0.25, -0.2) is 9.78 Å². The zero-order valence-corrected chi connectivity index (χ0v) is 14.6. The number of carbonyl (C=O) groups is 4. The minimum atomic E-state index is -1.15. The number of carboxylic acid groups (broad SMARTS) is 2. The predicted molar refractivity (Wildman–Crippen MR) is 91.4 cm³/mol. The van der Waals surface area contributed by atoms with Gasteiger partial charge in [0.15, 0.2) is 0 Å². The molecule has 1 fully saturated rings. The minimum Gasteiger partial charge on any atom is -0.481 e. The Labute approximate surface area is 154 Å². The van der Waals surface area contributed by atoms with Crippen molar-refractivity contribution in [2.45, 2.75) is 50.2 Å². The number of nitrogens with one attached hydrogen (secondary N) is 2. The zero-order valence-electron chi connectivity index (χ0n) is 14.6. The maximum atomic E-state index is 12.7. The van der Waals surface area contributed by atoms with E-state index < -0.39 is 41.9 Å². The summed E-state index contributed by atoms with van der Waals surface area (Å²) in [6, 6.07) is -3.10. The SMILES string of the molecule is NC(Cc1cnc[nH]1)C(=O)NC(CCC(=O)O)C(=O)N1CCCC1C(=O)O. The van der Waals surface area contributed by atoms with Gasteiger partial charge in [-0.2, -0.15) is 0 Å². The Kier molecular flexibility index (Phi) is 6.88. The highest BCUT2D eigenvalue weighted by molar-refractivity contribution is 5.92. The molecule has 0 aromatic carbocycles. The molecular formula is C16H23N5O6. The van der Waals surface area contributed by atoms with Gasteiger partial charge in [-0.05, 0) is 19.3 Å². The van der Waals surface area contributed by atoms with E-state index >= 15 is 0 Å². The molecule has 1 saturated heterocycles. The van der Waals surface area contributed by atoms with E-state index in [4.69, 9.17) is 10.8 Å². The van der Waals surface area contributed by atoms with Crippen LogP contribution in [0.5, 0.6) is 0 Å². The normalized spacial score (nSPS) is 18.7. The number of H-pyrrole nitrogens is 1. The van der Waals surface area contributed by atoms with E-state index in [0.29, 0.717) is 18.5 Å². The second-order valence-electron chi connectivity index (χ2n) is 6.41. The predicted octanol–water partition coefficient (Wildman–Crippen LogP) is -1.30. The summed E-state index contributed by atoms with van der Waals surface area (Å²) in [5.74, 6) is -3.48. The molecule has 0 spiro atoms. The number of rotatable bonds is 9. The Bertz CT molecular complexity index is 691. The van der Waals surface area contributed by atoms with Crippen LogP contribution < -0.4 is 11.1 Å². The summed E-state index contributed by atoms with van der Waals surface area (Å²) in [7, 11) is 0. The number of aromatic amines is 1. The molecule has 0 aliphatic carbocycles. The molecule has 1 aromatic rings. The van der Waals surface area contributed by atoms with Crippen molar-refractivity contribution in [2.24, 2.45) is 5.73 Å². The largest absolute Gasteiger partial charge is 0.481 e. The molecule has 2 rings (SSSR count). The van der Waals surface area contributed by atoms with Crippen LogP contribution in [0.25, 0.3) is 0 Å². The number of amides is 2. The van der Waals surface area contributed by atoms with E-state index in [1.807, 2.05) is 0 Å². The fourth-order valence-corrected chi connectivity index (χ4v) is 3.02. The van der Waals surface area contributed by atoms with Crippen LogP contribution in [0.2, 0.25) is 0 Å². The van der Waals surface area contributed by atoms with Crippen LogP contribution in [0.3, 0.4) is 0 Å². The number of carboxylic acids is 2. The fraction of sp³-hybridized carbons (Fsp3) is 0.562. The molecule has 148 valence electrons. The number of nitrogens with zero attached hydrogens (tertiary/aromatic N) is 2. The smallest absolute Gasteiger partial charge is 0.326 e. The summed E-state index contributed by atoms with van der Waals surface area (Å²) >= 11 is 0. The Morgan fingerprint density at radius 2 is 2.11 bits per heavy atom. The van der Waals surface area contributed by atoms with E-state index in [0.717, 1.165) is 0 Å². The Hall–Kier alpha value is -2.95. The number of hydrogen-bond acceptors (Lipinski definition) is 6. The summed E-state index contributed by atoms with van der Waals surface area (Å²) < 4.78 is 0. The van der Waals surface area contributed by atoms with Crippen molar-refractivity contribution < 1.29 is 29.4 Å². The maximum absolute atomic E-state index is 12.7. The van der Waals surface area contributed by atoms with Gasteiger partial charge in [0.05, 0.1) is 12.4 Å². The summed E-state index contributed by atoms with van der Waals surface area (Å²) in [6.07, 6.45) is 3.47. The number of aromatic nitrogens is 2. The third-order valence-electron chi connectivity index (χ3n) is 4.41. The molecular weight excluding hydrogens is 358 g/mol. The van der Waals surface area contributed by atoms with Gasteiger partial charge in [-0.3, -0.25) is 14.4 Å². The lowest BCUT2D eigenvalue weighted by Crippen LogP contribution is -2.55. The first-order chi connectivity index (χ1) is 12.8. The number of imidazole rings is 1. The van der Waals surface area contributed by atoms with Gasteiger partial charge in [0.1, 0.15) is 12.1 Å². The van der Waals surface area contributed by atoms with Crippen LogP contribution in [0.15, 0.2) is 12.5 Å². The average molecular weight is 381 g/mol. The van der Waals surface area contributed by atoms with Crippen LogP contribution in [-0.2, 0) is 25.6 Å². The first-order valence-corrected chi connectivity index (χ1v) is 8.58. The van der Waals surface area contributed by atoms with Crippen molar-refractivity contribution in [2.75, 3.05) is 6.54 Å². The van der Waals surface area contributed by atoms with Crippen LogP contribution in [-0.4, -0.2) is 73.5 Å². The number of carbonyl (C=O) groups excluding carboxylic acids is 2. The quantitative estimate of drug-likeness (QED) is 0.350. The average Bonchev–Trinajstić information content (AvgIpc) is 3.28. The Morgan fingerprint density at radius 3 is 2.70 bits per heavy atom. The van der Waals surface area contributed by atoms with Gasteiger partial charge in [0.25, 0.3) is 0 Å². The second-order valence-corrected chi connectivity index (χ2v) is 6.41. The Balaban J connectivity index is 2.06. The van der Waals surface area contributed by atoms with Crippen LogP contribution >= 0.6 is 0 Å². The molecule has 11 heteroatoms. The number of aliphatic carboxylic acids is 2. The maximum Gasteiger partial charge on any atom is 0.326 e. The monoisotopic (exact) mass is 381 g/mol. The molecule has 6 N–H and O–H groups in total. The van der Waals surface area contributed by atoms with Gasteiger partial charge in [-0.1, -0.05) is 0 Å². The molecule has 1 aromatic heterocycles.